The minimum atomic E-state index is -5.17. The van der Waals surface area contributed by atoms with Crippen LogP contribution in [0.2, 0.25) is 0 Å². The highest BCUT2D eigenvalue weighted by atomic mass is 19.4. The van der Waals surface area contributed by atoms with Crippen LogP contribution in [0.3, 0.4) is 0 Å². The summed E-state index contributed by atoms with van der Waals surface area (Å²) in [6.07, 6.45) is -3.94. The van der Waals surface area contributed by atoms with Crippen molar-refractivity contribution in [2.75, 3.05) is 12.8 Å². The van der Waals surface area contributed by atoms with Crippen LogP contribution in [0, 0.1) is 11.8 Å². The number of benzene rings is 1. The quantitative estimate of drug-likeness (QED) is 0.364. The largest absolute Gasteiger partial charge is 0.493 e. The number of carbonyl (C=O) groups is 1. The van der Waals surface area contributed by atoms with Crippen LogP contribution in [0.25, 0.3) is 5.69 Å². The number of nitrogens with two attached hydrogens (primary N) is 1. The number of hydrogen-bond donors (Lipinski definition) is 3. The van der Waals surface area contributed by atoms with Gasteiger partial charge < -0.3 is 20.9 Å². The van der Waals surface area contributed by atoms with E-state index in [0.29, 0.717) is 0 Å². The molecule has 0 radical (unpaired) electrons. The Morgan fingerprint density at radius 2 is 1.97 bits per heavy atom. The third-order valence-corrected chi connectivity index (χ3v) is 6.29. The van der Waals surface area contributed by atoms with E-state index in [1.807, 2.05) is 0 Å². The first-order valence-electron chi connectivity index (χ1n) is 10.6. The van der Waals surface area contributed by atoms with Crippen molar-refractivity contribution in [2.45, 2.75) is 43.5 Å². The number of nitrogens with zero attached hydrogens (tertiary/aromatic N) is 3. The molecule has 0 saturated carbocycles. The second-order valence-corrected chi connectivity index (χ2v) is 9.13. The van der Waals surface area contributed by atoms with Gasteiger partial charge >= 0.3 is 6.18 Å². The number of rotatable bonds is 4. The number of carbonyl (C=O) groups excluding carboxylic acids is 1. The number of aromatic nitrogens is 3. The van der Waals surface area contributed by atoms with Crippen LogP contribution in [0.1, 0.15) is 47.8 Å². The molecule has 4 N–H and O–H groups in total. The van der Waals surface area contributed by atoms with Crippen molar-refractivity contribution in [3.05, 3.63) is 65.1 Å². The smallest absolute Gasteiger partial charge is 0.419 e. The fourth-order valence-electron chi connectivity index (χ4n) is 4.76. The zero-order chi connectivity index (χ0) is 26.6. The number of amides is 1. The predicted molar refractivity (Wildman–Crippen MR) is 118 cm³/mol. The summed E-state index contributed by atoms with van der Waals surface area (Å²) in [4.78, 5) is 16.5. The highest BCUT2D eigenvalue weighted by Gasteiger charge is 2.64. The van der Waals surface area contributed by atoms with Crippen LogP contribution in [-0.4, -0.2) is 44.7 Å². The molecule has 0 bridgehead atoms. The molecule has 2 heterocycles. The van der Waals surface area contributed by atoms with Crippen LogP contribution >= 0.6 is 0 Å². The maximum absolute atomic E-state index is 14.5. The molecule has 1 amide bonds. The summed E-state index contributed by atoms with van der Waals surface area (Å²) in [7, 11) is 1.17. The van der Waals surface area contributed by atoms with E-state index >= 15 is 0 Å². The SMILES string of the molecule is COc1c(F)ccc2c1C(C)(C)C[C@](O)(C(F)(F)F)[C@@H]2NC(=O)c1cnn(-c2ccnc(F)c2)c1N. The number of halogens is 5. The lowest BCUT2D eigenvalue weighted by Gasteiger charge is -2.48. The molecule has 1 aliphatic carbocycles. The maximum atomic E-state index is 14.5. The fourth-order valence-corrected chi connectivity index (χ4v) is 4.76. The van der Waals surface area contributed by atoms with Gasteiger partial charge in [-0.25, -0.2) is 14.1 Å². The van der Waals surface area contributed by atoms with Gasteiger partial charge in [0, 0.05) is 17.8 Å². The first kappa shape index (κ1) is 25.4. The van der Waals surface area contributed by atoms with Crippen molar-refractivity contribution in [1.29, 1.82) is 0 Å². The molecule has 0 spiro atoms. The summed E-state index contributed by atoms with van der Waals surface area (Å²) < 4.78 is 77.0. The second kappa shape index (κ2) is 8.43. The molecule has 192 valence electrons. The van der Waals surface area contributed by atoms with E-state index in [9.17, 15) is 31.9 Å². The Labute approximate surface area is 201 Å². The van der Waals surface area contributed by atoms with Gasteiger partial charge in [0.1, 0.15) is 11.4 Å². The van der Waals surface area contributed by atoms with Crippen LogP contribution in [0.4, 0.5) is 27.8 Å². The van der Waals surface area contributed by atoms with Crippen LogP contribution < -0.4 is 15.8 Å². The molecule has 2 atom stereocenters. The van der Waals surface area contributed by atoms with Gasteiger partial charge in [0.25, 0.3) is 5.91 Å². The van der Waals surface area contributed by atoms with Crippen molar-refractivity contribution in [2.24, 2.45) is 0 Å². The fraction of sp³-hybridized carbons (Fsp3) is 0.348. The lowest BCUT2D eigenvalue weighted by atomic mass is 9.63. The Hall–Kier alpha value is -3.74. The number of aliphatic hydroxyl groups is 1. The summed E-state index contributed by atoms with van der Waals surface area (Å²) in [5, 5.41) is 17.1. The number of anilines is 1. The van der Waals surface area contributed by atoms with E-state index in [4.69, 9.17) is 10.5 Å². The summed E-state index contributed by atoms with van der Waals surface area (Å²) >= 11 is 0. The van der Waals surface area contributed by atoms with Gasteiger partial charge in [-0.05, 0) is 29.5 Å². The van der Waals surface area contributed by atoms with Gasteiger partial charge in [-0.3, -0.25) is 4.79 Å². The van der Waals surface area contributed by atoms with Crippen molar-refractivity contribution in [1.82, 2.24) is 20.1 Å². The number of alkyl halides is 3. The van der Waals surface area contributed by atoms with Crippen molar-refractivity contribution in [3.63, 3.8) is 0 Å². The number of pyridine rings is 1. The zero-order valence-electron chi connectivity index (χ0n) is 19.3. The van der Waals surface area contributed by atoms with Gasteiger partial charge in [0.05, 0.1) is 25.0 Å². The number of methoxy groups -OCH3 is 1. The monoisotopic (exact) mass is 511 g/mol. The number of fused-ring (bicyclic) bond motifs is 1. The van der Waals surface area contributed by atoms with Gasteiger partial charge in [0.2, 0.25) is 5.95 Å². The topological polar surface area (TPSA) is 115 Å². The number of nitrogens with one attached hydrogen (secondary N) is 1. The first-order valence-corrected chi connectivity index (χ1v) is 10.6. The van der Waals surface area contributed by atoms with Crippen LogP contribution in [-0.2, 0) is 5.41 Å². The molecule has 0 fully saturated rings. The molecule has 0 unspecified atom stereocenters. The average Bonchev–Trinajstić information content (AvgIpc) is 3.16. The molecule has 1 aromatic carbocycles. The Morgan fingerprint density at radius 1 is 1.28 bits per heavy atom. The van der Waals surface area contributed by atoms with Crippen LogP contribution in [0.5, 0.6) is 5.75 Å². The molecule has 0 saturated heterocycles. The minimum absolute atomic E-state index is 0.0835. The third-order valence-electron chi connectivity index (χ3n) is 6.29. The van der Waals surface area contributed by atoms with E-state index in [1.54, 1.807) is 0 Å². The zero-order valence-corrected chi connectivity index (χ0v) is 19.3. The van der Waals surface area contributed by atoms with E-state index in [2.05, 4.69) is 15.4 Å². The van der Waals surface area contributed by atoms with Gasteiger partial charge in [-0.15, -0.1) is 0 Å². The molecular weight excluding hydrogens is 489 g/mol. The summed E-state index contributed by atoms with van der Waals surface area (Å²) in [5.41, 5.74) is 0.905. The predicted octanol–water partition coefficient (Wildman–Crippen LogP) is 3.58. The number of hydrogen-bond acceptors (Lipinski definition) is 6. The highest BCUT2D eigenvalue weighted by molar-refractivity contribution is 5.98. The summed E-state index contributed by atoms with van der Waals surface area (Å²) in [6, 6.07) is 2.29. The Bertz CT molecular complexity index is 1340. The standard InChI is InChI=1S/C23H22F5N5O3/c1-21(2)10-22(35,23(26,27)28)18(12-4-5-14(24)17(36-3)16(12)21)32-20(34)13-9-31-33(19(13)29)11-6-7-30-15(25)8-11/h4-9,18,35H,10,29H2,1-3H3,(H,32,34)/t18-,22-/m1/s1. The molecular formula is C23H22F5N5O3. The van der Waals surface area contributed by atoms with Gasteiger partial charge in [-0.2, -0.15) is 22.7 Å². The van der Waals surface area contributed by atoms with Crippen molar-refractivity contribution >= 4 is 11.7 Å². The summed E-state index contributed by atoms with van der Waals surface area (Å²) in [5.74, 6) is -3.31. The van der Waals surface area contributed by atoms with E-state index < -0.39 is 47.3 Å². The normalized spacial score (nSPS) is 21.1. The van der Waals surface area contributed by atoms with Gasteiger partial charge in [-0.1, -0.05) is 19.9 Å². The molecule has 8 nitrogen and oxygen atoms in total. The molecule has 36 heavy (non-hydrogen) atoms. The second-order valence-electron chi connectivity index (χ2n) is 9.13. The van der Waals surface area contributed by atoms with Crippen molar-refractivity contribution < 1.29 is 36.6 Å². The lowest BCUT2D eigenvalue weighted by Crippen LogP contribution is -2.60. The Morgan fingerprint density at radius 3 is 2.58 bits per heavy atom. The number of ether oxygens (including phenoxy) is 1. The molecule has 2 aromatic heterocycles. The minimum Gasteiger partial charge on any atom is -0.493 e. The third kappa shape index (κ3) is 3.92. The molecule has 3 aromatic rings. The van der Waals surface area contributed by atoms with E-state index in [0.717, 1.165) is 35.3 Å². The first-order chi connectivity index (χ1) is 16.7. The van der Waals surface area contributed by atoms with E-state index in [1.165, 1.54) is 27.0 Å². The number of nitrogen functional groups attached to an aromatic ring is 1. The van der Waals surface area contributed by atoms with Crippen LogP contribution in [0.15, 0.2) is 36.7 Å². The molecule has 4 rings (SSSR count). The molecule has 0 aliphatic heterocycles. The highest BCUT2D eigenvalue weighted by Crippen LogP contribution is 2.55. The van der Waals surface area contributed by atoms with E-state index in [-0.39, 0.29) is 33.9 Å². The summed E-state index contributed by atoms with van der Waals surface area (Å²) in [6.45, 7) is 2.83. The Balaban J connectivity index is 1.82. The Kier molecular flexibility index (Phi) is 5.94. The lowest BCUT2D eigenvalue weighted by molar-refractivity contribution is -0.280. The van der Waals surface area contributed by atoms with Gasteiger partial charge in [0.15, 0.2) is 17.2 Å². The molecule has 13 heteroatoms. The maximum Gasteiger partial charge on any atom is 0.419 e. The molecule has 1 aliphatic rings. The average molecular weight is 511 g/mol. The van der Waals surface area contributed by atoms with Crippen molar-refractivity contribution in [3.8, 4) is 11.4 Å².